The maximum atomic E-state index is 10.6. The summed E-state index contributed by atoms with van der Waals surface area (Å²) in [4.78, 5) is 14.4. The maximum absolute atomic E-state index is 10.6. The number of hydrogen-bond donors (Lipinski definition) is 2. The van der Waals surface area contributed by atoms with Gasteiger partial charge in [0.25, 0.3) is 0 Å². The van der Waals surface area contributed by atoms with Crippen molar-refractivity contribution in [3.8, 4) is 6.07 Å². The van der Waals surface area contributed by atoms with Crippen LogP contribution < -0.4 is 5.32 Å². The third-order valence-corrected chi connectivity index (χ3v) is 2.22. The standard InChI is InChI=1S/C12H9N3O3/c13-5-8-1-3-9(4-2-8)14-7-11-15-6-10(18-11)12(16)17/h1-4,6,14H,7H2,(H,16,17). The van der Waals surface area contributed by atoms with E-state index in [1.165, 1.54) is 0 Å². The van der Waals surface area contributed by atoms with Crippen molar-refractivity contribution in [3.63, 3.8) is 0 Å². The van der Waals surface area contributed by atoms with Crippen LogP contribution in [0.4, 0.5) is 5.69 Å². The molecule has 0 aliphatic heterocycles. The van der Waals surface area contributed by atoms with Crippen molar-refractivity contribution in [2.45, 2.75) is 6.54 Å². The fraction of sp³-hybridized carbons (Fsp3) is 0.0833. The average Bonchev–Trinajstić information content (AvgIpc) is 2.86. The number of benzene rings is 1. The van der Waals surface area contributed by atoms with E-state index in [1.807, 2.05) is 6.07 Å². The van der Waals surface area contributed by atoms with Gasteiger partial charge >= 0.3 is 5.97 Å². The Hall–Kier alpha value is -2.81. The molecule has 1 heterocycles. The molecule has 0 atom stereocenters. The highest BCUT2D eigenvalue weighted by molar-refractivity contribution is 5.83. The lowest BCUT2D eigenvalue weighted by molar-refractivity contribution is 0.0660. The fourth-order valence-corrected chi connectivity index (χ4v) is 1.33. The predicted octanol–water partition coefficient (Wildman–Crippen LogP) is 1.86. The van der Waals surface area contributed by atoms with Crippen molar-refractivity contribution in [1.82, 2.24) is 4.98 Å². The van der Waals surface area contributed by atoms with Gasteiger partial charge in [-0.3, -0.25) is 0 Å². The zero-order valence-corrected chi connectivity index (χ0v) is 9.25. The Morgan fingerprint density at radius 3 is 2.72 bits per heavy atom. The van der Waals surface area contributed by atoms with Crippen LogP contribution >= 0.6 is 0 Å². The summed E-state index contributed by atoms with van der Waals surface area (Å²) in [5.41, 5.74) is 1.37. The normalized spacial score (nSPS) is 9.72. The van der Waals surface area contributed by atoms with Gasteiger partial charge in [0, 0.05) is 5.69 Å². The van der Waals surface area contributed by atoms with E-state index in [1.54, 1.807) is 24.3 Å². The summed E-state index contributed by atoms with van der Waals surface area (Å²) in [5, 5.41) is 20.3. The summed E-state index contributed by atoms with van der Waals surface area (Å²) in [6, 6.07) is 8.88. The lowest BCUT2D eigenvalue weighted by atomic mass is 10.2. The van der Waals surface area contributed by atoms with Crippen molar-refractivity contribution in [2.75, 3.05) is 5.32 Å². The number of rotatable bonds is 4. The monoisotopic (exact) mass is 243 g/mol. The topological polar surface area (TPSA) is 99.2 Å². The molecule has 0 fully saturated rings. The molecule has 6 heteroatoms. The van der Waals surface area contributed by atoms with E-state index in [4.69, 9.17) is 14.8 Å². The van der Waals surface area contributed by atoms with Gasteiger partial charge < -0.3 is 14.8 Å². The Morgan fingerprint density at radius 2 is 2.17 bits per heavy atom. The highest BCUT2D eigenvalue weighted by Gasteiger charge is 2.09. The zero-order valence-electron chi connectivity index (χ0n) is 9.25. The van der Waals surface area contributed by atoms with Crippen LogP contribution in [0, 0.1) is 11.3 Å². The van der Waals surface area contributed by atoms with E-state index in [-0.39, 0.29) is 18.2 Å². The van der Waals surface area contributed by atoms with Crippen LogP contribution in [-0.4, -0.2) is 16.1 Å². The minimum Gasteiger partial charge on any atom is -0.475 e. The molecule has 1 aromatic carbocycles. The number of nitriles is 1. The minimum absolute atomic E-state index is 0.188. The molecule has 0 radical (unpaired) electrons. The van der Waals surface area contributed by atoms with Crippen molar-refractivity contribution in [1.29, 1.82) is 5.26 Å². The summed E-state index contributed by atoms with van der Waals surface area (Å²) in [7, 11) is 0. The van der Waals surface area contributed by atoms with Gasteiger partial charge in [-0.2, -0.15) is 5.26 Å². The molecule has 2 rings (SSSR count). The Labute approximate surface area is 102 Å². The number of anilines is 1. The average molecular weight is 243 g/mol. The second kappa shape index (κ2) is 5.01. The van der Waals surface area contributed by atoms with Crippen LogP contribution in [0.2, 0.25) is 0 Å². The molecule has 0 aliphatic carbocycles. The maximum Gasteiger partial charge on any atom is 0.373 e. The van der Waals surface area contributed by atoms with Crippen LogP contribution in [-0.2, 0) is 6.54 Å². The number of aromatic carboxylic acids is 1. The first-order valence-electron chi connectivity index (χ1n) is 5.11. The molecule has 0 bridgehead atoms. The Balaban J connectivity index is 1.98. The lowest BCUT2D eigenvalue weighted by Gasteiger charge is -2.02. The van der Waals surface area contributed by atoms with Gasteiger partial charge in [0.15, 0.2) is 0 Å². The van der Waals surface area contributed by atoms with E-state index in [0.717, 1.165) is 11.9 Å². The smallest absolute Gasteiger partial charge is 0.373 e. The van der Waals surface area contributed by atoms with Crippen molar-refractivity contribution in [2.24, 2.45) is 0 Å². The van der Waals surface area contributed by atoms with Crippen LogP contribution in [0.3, 0.4) is 0 Å². The molecular weight excluding hydrogens is 234 g/mol. The van der Waals surface area contributed by atoms with E-state index >= 15 is 0 Å². The molecule has 0 aliphatic rings. The van der Waals surface area contributed by atoms with Crippen molar-refractivity contribution < 1.29 is 14.3 Å². The van der Waals surface area contributed by atoms with Gasteiger partial charge in [-0.1, -0.05) is 0 Å². The zero-order chi connectivity index (χ0) is 13.0. The van der Waals surface area contributed by atoms with Crippen LogP contribution in [0.1, 0.15) is 22.0 Å². The molecule has 2 N–H and O–H groups in total. The van der Waals surface area contributed by atoms with Gasteiger partial charge in [-0.15, -0.1) is 0 Å². The fourth-order valence-electron chi connectivity index (χ4n) is 1.33. The largest absolute Gasteiger partial charge is 0.475 e. The number of carboxylic acids is 1. The first-order chi connectivity index (χ1) is 8.69. The Morgan fingerprint density at radius 1 is 1.44 bits per heavy atom. The predicted molar refractivity (Wildman–Crippen MR) is 61.9 cm³/mol. The summed E-state index contributed by atoms with van der Waals surface area (Å²) in [6.45, 7) is 0.277. The van der Waals surface area contributed by atoms with Crippen molar-refractivity contribution in [3.05, 3.63) is 47.7 Å². The minimum atomic E-state index is -1.15. The van der Waals surface area contributed by atoms with E-state index in [0.29, 0.717) is 5.56 Å². The Kier molecular flexibility index (Phi) is 3.25. The Bertz CT molecular complexity index is 596. The quantitative estimate of drug-likeness (QED) is 0.850. The third-order valence-electron chi connectivity index (χ3n) is 2.22. The summed E-state index contributed by atoms with van der Waals surface area (Å²) in [5.74, 6) is -1.05. The molecule has 18 heavy (non-hydrogen) atoms. The molecular formula is C12H9N3O3. The highest BCUT2D eigenvalue weighted by atomic mass is 16.4. The number of aromatic nitrogens is 1. The number of nitrogens with zero attached hydrogens (tertiary/aromatic N) is 2. The number of oxazole rings is 1. The van der Waals surface area contributed by atoms with Crippen LogP contribution in [0.25, 0.3) is 0 Å². The third kappa shape index (κ3) is 2.65. The first kappa shape index (κ1) is 11.7. The second-order valence-electron chi connectivity index (χ2n) is 3.47. The van der Waals surface area contributed by atoms with Gasteiger partial charge in [0.1, 0.15) is 0 Å². The molecule has 0 spiro atoms. The van der Waals surface area contributed by atoms with Gasteiger partial charge in [0.2, 0.25) is 11.7 Å². The second-order valence-corrected chi connectivity index (χ2v) is 3.47. The number of carbonyl (C=O) groups is 1. The number of carboxylic acid groups (broad SMARTS) is 1. The molecule has 1 aromatic heterocycles. The van der Waals surface area contributed by atoms with Crippen LogP contribution in [0.5, 0.6) is 0 Å². The molecule has 6 nitrogen and oxygen atoms in total. The molecule has 0 saturated carbocycles. The molecule has 0 saturated heterocycles. The van der Waals surface area contributed by atoms with Gasteiger partial charge in [0.05, 0.1) is 24.4 Å². The molecule has 90 valence electrons. The number of hydrogen-bond acceptors (Lipinski definition) is 5. The highest BCUT2D eigenvalue weighted by Crippen LogP contribution is 2.11. The van der Waals surface area contributed by atoms with E-state index in [9.17, 15) is 4.79 Å². The van der Waals surface area contributed by atoms with Crippen molar-refractivity contribution >= 4 is 11.7 Å². The summed E-state index contributed by atoms with van der Waals surface area (Å²) in [6.07, 6.45) is 1.16. The van der Waals surface area contributed by atoms with Crippen LogP contribution in [0.15, 0.2) is 34.9 Å². The summed E-state index contributed by atoms with van der Waals surface area (Å²) < 4.78 is 4.99. The summed E-state index contributed by atoms with van der Waals surface area (Å²) >= 11 is 0. The molecule has 2 aromatic rings. The molecule has 0 amide bonds. The van der Waals surface area contributed by atoms with Gasteiger partial charge in [-0.25, -0.2) is 9.78 Å². The lowest BCUT2D eigenvalue weighted by Crippen LogP contribution is -1.99. The first-order valence-corrected chi connectivity index (χ1v) is 5.11. The van der Waals surface area contributed by atoms with E-state index in [2.05, 4.69) is 10.3 Å². The number of nitrogens with one attached hydrogen (secondary N) is 1. The van der Waals surface area contributed by atoms with E-state index < -0.39 is 5.97 Å². The molecule has 0 unspecified atom stereocenters. The SMILES string of the molecule is N#Cc1ccc(NCc2ncc(C(=O)O)o2)cc1. The van der Waals surface area contributed by atoms with Gasteiger partial charge in [-0.05, 0) is 24.3 Å².